The van der Waals surface area contributed by atoms with E-state index in [1.54, 1.807) is 6.07 Å². The second-order valence-corrected chi connectivity index (χ2v) is 6.21. The zero-order valence-corrected chi connectivity index (χ0v) is 13.0. The number of amides is 1. The molecule has 1 aromatic rings. The Hall–Kier alpha value is -0.0600. The first kappa shape index (κ1) is 13.4. The van der Waals surface area contributed by atoms with Crippen LogP contribution in [0.1, 0.15) is 23.2 Å². The molecule has 2 rings (SSSR count). The molecule has 17 heavy (non-hydrogen) atoms. The summed E-state index contributed by atoms with van der Waals surface area (Å²) in [5, 5.41) is 4.35. The van der Waals surface area contributed by atoms with Crippen molar-refractivity contribution in [1.82, 2.24) is 5.32 Å². The van der Waals surface area contributed by atoms with Crippen molar-refractivity contribution in [1.29, 1.82) is 0 Å². The van der Waals surface area contributed by atoms with Crippen LogP contribution in [0, 0.1) is 5.41 Å². The van der Waals surface area contributed by atoms with E-state index in [2.05, 4.69) is 37.2 Å². The largest absolute Gasteiger partial charge is 0.351 e. The van der Waals surface area contributed by atoms with Crippen LogP contribution in [0.25, 0.3) is 0 Å². The molecule has 0 bridgehead atoms. The lowest BCUT2D eigenvalue weighted by molar-refractivity contribution is 0.0946. The van der Waals surface area contributed by atoms with Crippen molar-refractivity contribution in [3.63, 3.8) is 0 Å². The Morgan fingerprint density at radius 2 is 2.18 bits per heavy atom. The Morgan fingerprint density at radius 3 is 2.76 bits per heavy atom. The average Bonchev–Trinajstić information content (AvgIpc) is 3.10. The van der Waals surface area contributed by atoms with Crippen LogP contribution in [-0.4, -0.2) is 17.8 Å². The smallest absolute Gasteiger partial charge is 0.252 e. The van der Waals surface area contributed by atoms with Crippen LogP contribution in [-0.2, 0) is 0 Å². The number of halogens is 3. The Labute approximate surface area is 122 Å². The summed E-state index contributed by atoms with van der Waals surface area (Å²) in [6.45, 7) is 0.708. The van der Waals surface area contributed by atoms with E-state index in [1.807, 2.05) is 12.1 Å². The van der Waals surface area contributed by atoms with Crippen molar-refractivity contribution in [2.24, 2.45) is 5.41 Å². The Morgan fingerprint density at radius 1 is 1.47 bits per heavy atom. The number of rotatable bonds is 4. The van der Waals surface area contributed by atoms with Crippen molar-refractivity contribution in [2.45, 2.75) is 12.8 Å². The van der Waals surface area contributed by atoms with E-state index in [9.17, 15) is 4.79 Å². The minimum atomic E-state index is -0.108. The van der Waals surface area contributed by atoms with E-state index < -0.39 is 0 Å². The maximum Gasteiger partial charge on any atom is 0.252 e. The van der Waals surface area contributed by atoms with Crippen molar-refractivity contribution < 1.29 is 4.79 Å². The molecule has 0 aliphatic heterocycles. The molecule has 0 unspecified atom stereocenters. The molecule has 2 nitrogen and oxygen atoms in total. The molecule has 1 aliphatic rings. The number of hydrogen-bond donors (Lipinski definition) is 1. The number of hydrogen-bond acceptors (Lipinski definition) is 1. The van der Waals surface area contributed by atoms with Crippen LogP contribution in [0.2, 0.25) is 5.02 Å². The van der Waals surface area contributed by atoms with Crippen LogP contribution in [0.4, 0.5) is 0 Å². The highest BCUT2D eigenvalue weighted by Gasteiger charge is 2.41. The predicted octanol–water partition coefficient (Wildman–Crippen LogP) is 4.01. The van der Waals surface area contributed by atoms with Gasteiger partial charge >= 0.3 is 0 Å². The third-order valence-corrected chi connectivity index (χ3v) is 5.55. The van der Waals surface area contributed by atoms with Crippen LogP contribution in [0.3, 0.4) is 0 Å². The van der Waals surface area contributed by atoms with Gasteiger partial charge in [0.25, 0.3) is 5.91 Å². The lowest BCUT2D eigenvalue weighted by Crippen LogP contribution is -2.31. The number of carbonyl (C=O) groups is 1. The van der Waals surface area contributed by atoms with Crippen LogP contribution in [0.15, 0.2) is 22.7 Å². The highest BCUT2D eigenvalue weighted by Crippen LogP contribution is 2.46. The van der Waals surface area contributed by atoms with E-state index in [0.29, 0.717) is 17.1 Å². The Kier molecular flexibility index (Phi) is 4.16. The zero-order chi connectivity index (χ0) is 12.5. The van der Waals surface area contributed by atoms with Crippen molar-refractivity contribution in [3.8, 4) is 0 Å². The highest BCUT2D eigenvalue weighted by atomic mass is 79.9. The second kappa shape index (κ2) is 5.29. The van der Waals surface area contributed by atoms with E-state index in [0.717, 1.165) is 9.80 Å². The normalized spacial score (nSPS) is 16.6. The van der Waals surface area contributed by atoms with E-state index in [1.165, 1.54) is 12.8 Å². The van der Waals surface area contributed by atoms with Gasteiger partial charge in [-0.25, -0.2) is 0 Å². The maximum absolute atomic E-state index is 12.0. The molecule has 0 saturated heterocycles. The van der Waals surface area contributed by atoms with Gasteiger partial charge in [0.05, 0.1) is 10.6 Å². The minimum absolute atomic E-state index is 0.108. The second-order valence-electron chi connectivity index (χ2n) is 4.42. The summed E-state index contributed by atoms with van der Waals surface area (Å²) in [6.07, 6.45) is 2.34. The monoisotopic (exact) mass is 379 g/mol. The third kappa shape index (κ3) is 3.04. The van der Waals surface area contributed by atoms with Crippen LogP contribution >= 0.6 is 43.5 Å². The van der Waals surface area contributed by atoms with Gasteiger partial charge in [0, 0.05) is 16.3 Å². The predicted molar refractivity (Wildman–Crippen MR) is 76.9 cm³/mol. The molecule has 0 atom stereocenters. The summed E-state index contributed by atoms with van der Waals surface area (Å²) in [4.78, 5) is 12.0. The molecular formula is C12H12Br2ClNO. The summed E-state index contributed by atoms with van der Waals surface area (Å²) >= 11 is 12.9. The van der Waals surface area contributed by atoms with Crippen LogP contribution in [0.5, 0.6) is 0 Å². The van der Waals surface area contributed by atoms with E-state index in [4.69, 9.17) is 11.6 Å². The van der Waals surface area contributed by atoms with E-state index >= 15 is 0 Å². The standard InChI is InChI=1S/C12H12Br2ClNO/c13-6-12(4-5-12)7-16-11(17)8-2-1-3-9(14)10(8)15/h1-3H,4-7H2,(H,16,17). The van der Waals surface area contributed by atoms with Crippen molar-refractivity contribution >= 4 is 49.4 Å². The first-order valence-electron chi connectivity index (χ1n) is 5.36. The molecular weight excluding hydrogens is 369 g/mol. The average molecular weight is 381 g/mol. The quantitative estimate of drug-likeness (QED) is 0.785. The molecule has 1 saturated carbocycles. The van der Waals surface area contributed by atoms with E-state index in [-0.39, 0.29) is 11.3 Å². The fourth-order valence-electron chi connectivity index (χ4n) is 1.58. The zero-order valence-electron chi connectivity index (χ0n) is 9.10. The molecule has 1 amide bonds. The summed E-state index contributed by atoms with van der Waals surface area (Å²) < 4.78 is 0.744. The summed E-state index contributed by atoms with van der Waals surface area (Å²) in [7, 11) is 0. The number of alkyl halides is 1. The van der Waals surface area contributed by atoms with Gasteiger partial charge in [0.2, 0.25) is 0 Å². The molecule has 1 aromatic carbocycles. The number of benzene rings is 1. The fourth-order valence-corrected chi connectivity index (χ4v) is 2.91. The Bertz CT molecular complexity index is 446. The fraction of sp³-hybridized carbons (Fsp3) is 0.417. The van der Waals surface area contributed by atoms with Gasteiger partial charge in [0.1, 0.15) is 0 Å². The molecule has 0 spiro atoms. The first-order valence-corrected chi connectivity index (χ1v) is 7.65. The lowest BCUT2D eigenvalue weighted by Gasteiger charge is -2.13. The van der Waals surface area contributed by atoms with Gasteiger partial charge in [-0.05, 0) is 46.3 Å². The van der Waals surface area contributed by atoms with Crippen molar-refractivity contribution in [3.05, 3.63) is 33.3 Å². The summed E-state index contributed by atoms with van der Waals surface area (Å²) in [5.41, 5.74) is 0.792. The van der Waals surface area contributed by atoms with Gasteiger partial charge in [0.15, 0.2) is 0 Å². The van der Waals surface area contributed by atoms with Gasteiger partial charge < -0.3 is 5.32 Å². The molecule has 92 valence electrons. The van der Waals surface area contributed by atoms with Crippen molar-refractivity contribution in [2.75, 3.05) is 11.9 Å². The lowest BCUT2D eigenvalue weighted by atomic mass is 10.1. The topological polar surface area (TPSA) is 29.1 Å². The SMILES string of the molecule is O=C(NCC1(CBr)CC1)c1cccc(Br)c1Cl. The summed E-state index contributed by atoms with van der Waals surface area (Å²) in [5.74, 6) is -0.108. The Balaban J connectivity index is 2.02. The molecule has 5 heteroatoms. The number of nitrogens with one attached hydrogen (secondary N) is 1. The van der Waals surface area contributed by atoms with Gasteiger partial charge in [-0.15, -0.1) is 0 Å². The highest BCUT2D eigenvalue weighted by molar-refractivity contribution is 9.10. The third-order valence-electron chi connectivity index (χ3n) is 3.06. The summed E-state index contributed by atoms with van der Waals surface area (Å²) in [6, 6.07) is 5.36. The molecule has 0 radical (unpaired) electrons. The van der Waals surface area contributed by atoms with Gasteiger partial charge in [-0.1, -0.05) is 33.6 Å². The minimum Gasteiger partial charge on any atom is -0.351 e. The van der Waals surface area contributed by atoms with Gasteiger partial charge in [-0.3, -0.25) is 4.79 Å². The first-order chi connectivity index (χ1) is 8.08. The molecule has 1 aliphatic carbocycles. The van der Waals surface area contributed by atoms with Gasteiger partial charge in [-0.2, -0.15) is 0 Å². The maximum atomic E-state index is 12.0. The van der Waals surface area contributed by atoms with Crippen LogP contribution < -0.4 is 5.32 Å². The number of carbonyl (C=O) groups excluding carboxylic acids is 1. The molecule has 0 aromatic heterocycles. The molecule has 1 fully saturated rings. The molecule has 1 N–H and O–H groups in total. The molecule has 0 heterocycles.